The Morgan fingerprint density at radius 1 is 1.26 bits per heavy atom. The van der Waals surface area contributed by atoms with Crippen LogP contribution >= 0.6 is 0 Å². The molecule has 1 N–H and O–H groups in total. The Kier molecular flexibility index (Phi) is 4.35. The summed E-state index contributed by atoms with van der Waals surface area (Å²) in [6.07, 6.45) is -0.533. The van der Waals surface area contributed by atoms with Gasteiger partial charge >= 0.3 is 0 Å². The van der Waals surface area contributed by atoms with Gasteiger partial charge < -0.3 is 9.84 Å². The molecular weight excluding hydrogens is 240 g/mol. The van der Waals surface area contributed by atoms with Crippen molar-refractivity contribution in [3.05, 3.63) is 41.6 Å². The first-order valence-corrected chi connectivity index (χ1v) is 6.38. The highest BCUT2D eigenvalue weighted by molar-refractivity contribution is 5.59. The number of hydrogen-bond acceptors (Lipinski definition) is 3. The molecule has 1 heterocycles. The molecule has 0 unspecified atom stereocenters. The minimum atomic E-state index is -0.533. The number of nitrogens with zero attached hydrogens (tertiary/aromatic N) is 2. The zero-order valence-electron chi connectivity index (χ0n) is 11.6. The number of hydrogen-bond donors (Lipinski definition) is 1. The zero-order chi connectivity index (χ0) is 13.8. The molecule has 0 saturated heterocycles. The van der Waals surface area contributed by atoms with Gasteiger partial charge in [0.25, 0.3) is 0 Å². The summed E-state index contributed by atoms with van der Waals surface area (Å²) in [5, 5.41) is 14.3. The van der Waals surface area contributed by atoms with Crippen LogP contribution in [0.5, 0.6) is 0 Å². The highest BCUT2D eigenvalue weighted by Crippen LogP contribution is 2.19. The molecular formula is C15H20N2O2. The summed E-state index contributed by atoms with van der Waals surface area (Å²) < 4.78 is 6.75. The molecule has 0 spiro atoms. The number of methoxy groups -OCH3 is 1. The average molecular weight is 260 g/mol. The zero-order valence-corrected chi connectivity index (χ0v) is 11.6. The summed E-state index contributed by atoms with van der Waals surface area (Å²) in [4.78, 5) is 0. The molecule has 0 amide bonds. The number of aromatic nitrogens is 2. The smallest absolute Gasteiger partial charge is 0.0968 e. The van der Waals surface area contributed by atoms with Gasteiger partial charge in [0.1, 0.15) is 0 Å². The lowest BCUT2D eigenvalue weighted by molar-refractivity contribution is 0.0510. The Morgan fingerprint density at radius 3 is 2.58 bits per heavy atom. The third kappa shape index (κ3) is 3.43. The monoisotopic (exact) mass is 260 g/mol. The van der Waals surface area contributed by atoms with E-state index < -0.39 is 6.10 Å². The summed E-state index contributed by atoms with van der Waals surface area (Å²) in [5.74, 6) is 0. The first-order valence-electron chi connectivity index (χ1n) is 6.38. The molecule has 102 valence electrons. The van der Waals surface area contributed by atoms with Gasteiger partial charge in [-0.15, -0.1) is 0 Å². The van der Waals surface area contributed by atoms with E-state index in [1.807, 2.05) is 17.7 Å². The summed E-state index contributed by atoms with van der Waals surface area (Å²) in [7, 11) is 1.58. The van der Waals surface area contributed by atoms with Crippen molar-refractivity contribution in [2.75, 3.05) is 13.7 Å². The van der Waals surface area contributed by atoms with Gasteiger partial charge in [-0.2, -0.15) is 5.10 Å². The molecule has 4 heteroatoms. The second kappa shape index (κ2) is 5.99. The van der Waals surface area contributed by atoms with Crippen LogP contribution in [0.2, 0.25) is 0 Å². The van der Waals surface area contributed by atoms with Crippen LogP contribution in [0.15, 0.2) is 30.3 Å². The van der Waals surface area contributed by atoms with Crippen molar-refractivity contribution >= 4 is 0 Å². The summed E-state index contributed by atoms with van der Waals surface area (Å²) in [6.45, 7) is 4.82. The van der Waals surface area contributed by atoms with E-state index in [4.69, 9.17) is 4.74 Å². The molecule has 0 saturated carbocycles. The highest BCUT2D eigenvalue weighted by Gasteiger charge is 2.10. The topological polar surface area (TPSA) is 47.3 Å². The van der Waals surface area contributed by atoms with Gasteiger partial charge in [0.2, 0.25) is 0 Å². The number of aryl methyl sites for hydroxylation is 2. The first kappa shape index (κ1) is 13.8. The van der Waals surface area contributed by atoms with Gasteiger partial charge in [0.15, 0.2) is 0 Å². The van der Waals surface area contributed by atoms with Gasteiger partial charge in [-0.25, -0.2) is 0 Å². The normalized spacial score (nSPS) is 12.6. The number of rotatable bonds is 5. The predicted molar refractivity (Wildman–Crippen MR) is 75.0 cm³/mol. The largest absolute Gasteiger partial charge is 0.389 e. The molecule has 0 aliphatic heterocycles. The maximum atomic E-state index is 9.76. The summed E-state index contributed by atoms with van der Waals surface area (Å²) in [5.41, 5.74) is 4.29. The van der Waals surface area contributed by atoms with Crippen molar-refractivity contribution in [1.29, 1.82) is 0 Å². The molecule has 2 aromatic rings. The molecule has 4 nitrogen and oxygen atoms in total. The first-order chi connectivity index (χ1) is 9.10. The van der Waals surface area contributed by atoms with E-state index in [9.17, 15) is 5.11 Å². The maximum absolute atomic E-state index is 9.76. The molecule has 2 rings (SSSR count). The molecule has 0 radical (unpaired) electrons. The van der Waals surface area contributed by atoms with Gasteiger partial charge in [-0.05, 0) is 19.9 Å². The molecule has 0 aliphatic carbocycles. The van der Waals surface area contributed by atoms with Crippen molar-refractivity contribution in [1.82, 2.24) is 9.78 Å². The molecule has 0 bridgehead atoms. The Labute approximate surface area is 113 Å². The van der Waals surface area contributed by atoms with Crippen LogP contribution < -0.4 is 0 Å². The average Bonchev–Trinajstić information content (AvgIpc) is 2.72. The maximum Gasteiger partial charge on any atom is 0.0968 e. The van der Waals surface area contributed by atoms with Crippen molar-refractivity contribution < 1.29 is 9.84 Å². The second-order valence-corrected chi connectivity index (χ2v) is 4.83. The van der Waals surface area contributed by atoms with E-state index in [0.717, 1.165) is 17.0 Å². The van der Waals surface area contributed by atoms with Crippen LogP contribution in [-0.4, -0.2) is 34.7 Å². The van der Waals surface area contributed by atoms with Crippen molar-refractivity contribution in [2.45, 2.75) is 26.5 Å². The highest BCUT2D eigenvalue weighted by atomic mass is 16.5. The van der Waals surface area contributed by atoms with Crippen LogP contribution in [0, 0.1) is 13.8 Å². The SMILES string of the molecule is COC[C@H](O)Cn1nc(-c2ccc(C)cc2)cc1C. The predicted octanol–water partition coefficient (Wildman–Crippen LogP) is 2.17. The Bertz CT molecular complexity index is 532. The van der Waals surface area contributed by atoms with E-state index in [1.54, 1.807) is 7.11 Å². The Hall–Kier alpha value is -1.65. The fraction of sp³-hybridized carbons (Fsp3) is 0.400. The third-order valence-electron chi connectivity index (χ3n) is 3.07. The van der Waals surface area contributed by atoms with Crippen LogP contribution in [0.25, 0.3) is 11.3 Å². The van der Waals surface area contributed by atoms with E-state index in [2.05, 4.69) is 36.3 Å². The van der Waals surface area contributed by atoms with Gasteiger partial charge in [0.05, 0.1) is 24.9 Å². The lowest BCUT2D eigenvalue weighted by atomic mass is 10.1. The van der Waals surface area contributed by atoms with Crippen molar-refractivity contribution in [3.8, 4) is 11.3 Å². The summed E-state index contributed by atoms with van der Waals surface area (Å²) >= 11 is 0. The molecule has 0 fully saturated rings. The van der Waals surface area contributed by atoms with Crippen molar-refractivity contribution in [3.63, 3.8) is 0 Å². The van der Waals surface area contributed by atoms with Gasteiger partial charge in [0, 0.05) is 18.4 Å². The number of aliphatic hydroxyl groups is 1. The van der Waals surface area contributed by atoms with E-state index in [0.29, 0.717) is 13.2 Å². The summed E-state index contributed by atoms with van der Waals surface area (Å²) in [6, 6.07) is 10.3. The van der Waals surface area contributed by atoms with E-state index in [1.165, 1.54) is 5.56 Å². The van der Waals surface area contributed by atoms with Crippen LogP contribution in [0.3, 0.4) is 0 Å². The Morgan fingerprint density at radius 2 is 1.95 bits per heavy atom. The minimum Gasteiger partial charge on any atom is -0.389 e. The molecule has 0 aliphatic rings. The van der Waals surface area contributed by atoms with Gasteiger partial charge in [-0.1, -0.05) is 29.8 Å². The second-order valence-electron chi connectivity index (χ2n) is 4.83. The quantitative estimate of drug-likeness (QED) is 0.896. The number of benzene rings is 1. The van der Waals surface area contributed by atoms with E-state index >= 15 is 0 Å². The number of aliphatic hydroxyl groups excluding tert-OH is 1. The lowest BCUT2D eigenvalue weighted by Crippen LogP contribution is -2.22. The third-order valence-corrected chi connectivity index (χ3v) is 3.07. The fourth-order valence-electron chi connectivity index (χ4n) is 2.01. The van der Waals surface area contributed by atoms with Gasteiger partial charge in [-0.3, -0.25) is 4.68 Å². The van der Waals surface area contributed by atoms with Crippen molar-refractivity contribution in [2.24, 2.45) is 0 Å². The Balaban J connectivity index is 2.18. The lowest BCUT2D eigenvalue weighted by Gasteiger charge is -2.10. The van der Waals surface area contributed by atoms with Crippen LogP contribution in [-0.2, 0) is 11.3 Å². The molecule has 19 heavy (non-hydrogen) atoms. The molecule has 1 aromatic heterocycles. The standard InChI is InChI=1S/C15H20N2O2/c1-11-4-6-13(7-5-11)15-8-12(2)17(16-15)9-14(18)10-19-3/h4-8,14,18H,9-10H2,1-3H3/t14-/m1/s1. The van der Waals surface area contributed by atoms with Crippen LogP contribution in [0.4, 0.5) is 0 Å². The molecule has 1 aromatic carbocycles. The fourth-order valence-corrected chi connectivity index (χ4v) is 2.01. The number of ether oxygens (including phenoxy) is 1. The minimum absolute atomic E-state index is 0.319. The van der Waals surface area contributed by atoms with Crippen LogP contribution in [0.1, 0.15) is 11.3 Å². The molecule has 1 atom stereocenters. The van der Waals surface area contributed by atoms with E-state index in [-0.39, 0.29) is 0 Å².